The highest BCUT2D eigenvalue weighted by atomic mass is 32.2. The molecule has 136 valence electrons. The van der Waals surface area contributed by atoms with E-state index in [0.717, 1.165) is 28.2 Å². The predicted molar refractivity (Wildman–Crippen MR) is 102 cm³/mol. The second-order valence-electron chi connectivity index (χ2n) is 6.70. The smallest absolute Gasteiger partial charge is 0.191 e. The van der Waals surface area contributed by atoms with Gasteiger partial charge in [0.05, 0.1) is 19.4 Å². The minimum Gasteiger partial charge on any atom is -0.492 e. The molecule has 0 radical (unpaired) electrons. The highest BCUT2D eigenvalue weighted by Crippen LogP contribution is 2.40. The molecule has 0 spiro atoms. The zero-order valence-electron chi connectivity index (χ0n) is 15.1. The number of rotatable bonds is 8. The second-order valence-corrected chi connectivity index (χ2v) is 7.76. The normalized spacial score (nSPS) is 13.9. The van der Waals surface area contributed by atoms with Crippen molar-refractivity contribution in [3.8, 4) is 5.75 Å². The van der Waals surface area contributed by atoms with E-state index in [1.54, 1.807) is 18.0 Å². The van der Waals surface area contributed by atoms with Crippen molar-refractivity contribution >= 4 is 11.8 Å². The number of ether oxygens (including phenoxy) is 1. The van der Waals surface area contributed by atoms with Crippen LogP contribution >= 0.6 is 11.8 Å². The maximum Gasteiger partial charge on any atom is 0.191 e. The van der Waals surface area contributed by atoms with Crippen molar-refractivity contribution in [1.82, 2.24) is 14.8 Å². The first-order valence-corrected chi connectivity index (χ1v) is 9.98. The number of aromatic nitrogens is 3. The Morgan fingerprint density at radius 2 is 1.96 bits per heavy atom. The fourth-order valence-electron chi connectivity index (χ4n) is 3.06. The van der Waals surface area contributed by atoms with Gasteiger partial charge in [0.25, 0.3) is 0 Å². The van der Waals surface area contributed by atoms with E-state index in [1.165, 1.54) is 24.0 Å². The molecule has 1 saturated carbocycles. The van der Waals surface area contributed by atoms with Crippen molar-refractivity contribution in [3.05, 3.63) is 59.3 Å². The molecular weight excluding hydrogens is 346 g/mol. The molecule has 4 rings (SSSR count). The van der Waals surface area contributed by atoms with Crippen molar-refractivity contribution in [2.45, 2.75) is 44.3 Å². The van der Waals surface area contributed by atoms with Gasteiger partial charge in [-0.1, -0.05) is 30.0 Å². The fraction of sp³-hybridized carbons (Fsp3) is 0.400. The first kappa shape index (κ1) is 17.2. The maximum atomic E-state index is 6.00. The Hall–Kier alpha value is -2.21. The van der Waals surface area contributed by atoms with Crippen LogP contribution in [0.2, 0.25) is 0 Å². The Morgan fingerprint density at radius 3 is 2.65 bits per heavy atom. The van der Waals surface area contributed by atoms with Crippen LogP contribution in [0, 0.1) is 13.8 Å². The number of aryl methyl sites for hydroxylation is 2. The van der Waals surface area contributed by atoms with E-state index >= 15 is 0 Å². The second kappa shape index (κ2) is 7.58. The summed E-state index contributed by atoms with van der Waals surface area (Å²) in [6.07, 6.45) is 4.12. The monoisotopic (exact) mass is 369 g/mol. The van der Waals surface area contributed by atoms with Crippen molar-refractivity contribution < 1.29 is 9.15 Å². The molecule has 0 N–H and O–H groups in total. The van der Waals surface area contributed by atoms with Gasteiger partial charge in [-0.25, -0.2) is 0 Å². The zero-order valence-corrected chi connectivity index (χ0v) is 16.0. The van der Waals surface area contributed by atoms with E-state index in [-0.39, 0.29) is 0 Å². The number of para-hydroxylation sites is 1. The molecule has 3 aromatic rings. The maximum absolute atomic E-state index is 6.00. The van der Waals surface area contributed by atoms with Gasteiger partial charge in [0.1, 0.15) is 17.3 Å². The molecule has 2 aromatic heterocycles. The first-order chi connectivity index (χ1) is 12.7. The standard InChI is InChI=1S/C20H23N3O2S/c1-14-5-3-6-15(2)18(14)25-11-12-26-20-22-21-19(16-8-9-16)23(20)13-17-7-4-10-24-17/h3-7,10,16H,8-9,11-13H2,1-2H3. The SMILES string of the molecule is Cc1cccc(C)c1OCCSc1nnc(C2CC2)n1Cc1ccco1. The summed E-state index contributed by atoms with van der Waals surface area (Å²) in [6.45, 7) is 5.49. The van der Waals surface area contributed by atoms with Gasteiger partial charge in [-0.3, -0.25) is 4.57 Å². The van der Waals surface area contributed by atoms with Crippen LogP contribution in [0.3, 0.4) is 0 Å². The van der Waals surface area contributed by atoms with Gasteiger partial charge in [0, 0.05) is 11.7 Å². The van der Waals surface area contributed by atoms with Crippen LogP contribution in [0.1, 0.15) is 41.5 Å². The highest BCUT2D eigenvalue weighted by molar-refractivity contribution is 7.99. The van der Waals surface area contributed by atoms with Gasteiger partial charge in [-0.2, -0.15) is 0 Å². The average Bonchev–Trinajstić information content (AvgIpc) is 3.19. The zero-order chi connectivity index (χ0) is 17.9. The molecule has 0 unspecified atom stereocenters. The van der Waals surface area contributed by atoms with Gasteiger partial charge in [-0.15, -0.1) is 10.2 Å². The van der Waals surface area contributed by atoms with E-state index in [9.17, 15) is 0 Å². The average molecular weight is 369 g/mol. The molecule has 6 heteroatoms. The first-order valence-electron chi connectivity index (χ1n) is 8.99. The molecule has 26 heavy (non-hydrogen) atoms. The van der Waals surface area contributed by atoms with Gasteiger partial charge in [-0.05, 0) is 49.9 Å². The molecule has 2 heterocycles. The largest absolute Gasteiger partial charge is 0.492 e. The van der Waals surface area contributed by atoms with Gasteiger partial charge in [0.15, 0.2) is 5.16 Å². The Labute approximate surface area is 157 Å². The van der Waals surface area contributed by atoms with Crippen LogP contribution < -0.4 is 4.74 Å². The molecule has 0 saturated heterocycles. The highest BCUT2D eigenvalue weighted by Gasteiger charge is 2.30. The van der Waals surface area contributed by atoms with Gasteiger partial charge < -0.3 is 9.15 Å². The Morgan fingerprint density at radius 1 is 1.15 bits per heavy atom. The van der Waals surface area contributed by atoms with Crippen LogP contribution in [-0.2, 0) is 6.54 Å². The van der Waals surface area contributed by atoms with Crippen LogP contribution in [0.15, 0.2) is 46.2 Å². The minimum atomic E-state index is 0.553. The molecular formula is C20H23N3O2S. The Balaban J connectivity index is 1.40. The van der Waals surface area contributed by atoms with Crippen molar-refractivity contribution in [1.29, 1.82) is 0 Å². The predicted octanol–water partition coefficient (Wildman–Crippen LogP) is 4.58. The third-order valence-electron chi connectivity index (χ3n) is 4.55. The number of benzene rings is 1. The molecule has 1 aliphatic rings. The van der Waals surface area contributed by atoms with Crippen LogP contribution in [0.25, 0.3) is 0 Å². The van der Waals surface area contributed by atoms with E-state index in [1.807, 2.05) is 12.1 Å². The molecule has 0 bridgehead atoms. The van der Waals surface area contributed by atoms with E-state index < -0.39 is 0 Å². The fourth-order valence-corrected chi connectivity index (χ4v) is 3.82. The number of thioether (sulfide) groups is 1. The number of furan rings is 1. The molecule has 1 aromatic carbocycles. The van der Waals surface area contributed by atoms with Crippen LogP contribution in [0.5, 0.6) is 5.75 Å². The molecule has 0 atom stereocenters. The number of hydrogen-bond donors (Lipinski definition) is 0. The third-order valence-corrected chi connectivity index (χ3v) is 5.48. The summed E-state index contributed by atoms with van der Waals surface area (Å²) < 4.78 is 13.7. The summed E-state index contributed by atoms with van der Waals surface area (Å²) >= 11 is 1.69. The Kier molecular flexibility index (Phi) is 5.02. The summed E-state index contributed by atoms with van der Waals surface area (Å²) in [5.74, 6) is 4.38. The molecule has 1 aliphatic carbocycles. The molecule has 1 fully saturated rings. The van der Waals surface area contributed by atoms with Crippen molar-refractivity contribution in [3.63, 3.8) is 0 Å². The van der Waals surface area contributed by atoms with Crippen LogP contribution in [0.4, 0.5) is 0 Å². The number of hydrogen-bond acceptors (Lipinski definition) is 5. The Bertz CT molecular complexity index is 849. The van der Waals surface area contributed by atoms with E-state index in [0.29, 0.717) is 19.1 Å². The lowest BCUT2D eigenvalue weighted by atomic mass is 10.1. The third kappa shape index (κ3) is 3.80. The molecule has 5 nitrogen and oxygen atoms in total. The number of nitrogens with zero attached hydrogens (tertiary/aromatic N) is 3. The lowest BCUT2D eigenvalue weighted by Crippen LogP contribution is -2.07. The summed E-state index contributed by atoms with van der Waals surface area (Å²) in [7, 11) is 0. The van der Waals surface area contributed by atoms with Gasteiger partial charge >= 0.3 is 0 Å². The van der Waals surface area contributed by atoms with Crippen LogP contribution in [-0.4, -0.2) is 27.1 Å². The lowest BCUT2D eigenvalue weighted by Gasteiger charge is -2.12. The van der Waals surface area contributed by atoms with E-state index in [4.69, 9.17) is 9.15 Å². The quantitative estimate of drug-likeness (QED) is 0.429. The topological polar surface area (TPSA) is 53.1 Å². The van der Waals surface area contributed by atoms with Crippen molar-refractivity contribution in [2.24, 2.45) is 0 Å². The summed E-state index contributed by atoms with van der Waals surface area (Å²) in [5, 5.41) is 9.79. The van der Waals surface area contributed by atoms with Crippen molar-refractivity contribution in [2.75, 3.05) is 12.4 Å². The van der Waals surface area contributed by atoms with E-state index in [2.05, 4.69) is 46.8 Å². The summed E-state index contributed by atoms with van der Waals surface area (Å²) in [4.78, 5) is 0. The molecule has 0 amide bonds. The minimum absolute atomic E-state index is 0.553. The van der Waals surface area contributed by atoms with Gasteiger partial charge in [0.2, 0.25) is 0 Å². The summed E-state index contributed by atoms with van der Waals surface area (Å²) in [6, 6.07) is 10.1. The lowest BCUT2D eigenvalue weighted by molar-refractivity contribution is 0.339. The molecule has 0 aliphatic heterocycles. The summed E-state index contributed by atoms with van der Waals surface area (Å²) in [5.41, 5.74) is 2.35.